The van der Waals surface area contributed by atoms with E-state index in [-0.39, 0.29) is 6.10 Å². The third kappa shape index (κ3) is 3.53. The summed E-state index contributed by atoms with van der Waals surface area (Å²) in [6.45, 7) is 2.79. The number of hydrogen-bond acceptors (Lipinski definition) is 2. The minimum atomic E-state index is -0.164. The van der Waals surface area contributed by atoms with E-state index in [1.807, 2.05) is 23.9 Å². The maximum atomic E-state index is 8.99. The van der Waals surface area contributed by atoms with Crippen LogP contribution in [0.1, 0.15) is 26.2 Å². The Morgan fingerprint density at radius 3 is 2.92 bits per heavy atom. The van der Waals surface area contributed by atoms with Crippen LogP contribution in [0.25, 0.3) is 0 Å². The SMILES string of the molecule is CC(O)CCCCn1cccn1. The highest BCUT2D eigenvalue weighted by Gasteiger charge is 1.95. The summed E-state index contributed by atoms with van der Waals surface area (Å²) < 4.78 is 1.92. The Morgan fingerprint density at radius 2 is 2.33 bits per heavy atom. The van der Waals surface area contributed by atoms with Crippen LogP contribution in [0.2, 0.25) is 0 Å². The lowest BCUT2D eigenvalue weighted by molar-refractivity contribution is 0.180. The summed E-state index contributed by atoms with van der Waals surface area (Å²) >= 11 is 0. The van der Waals surface area contributed by atoms with Crippen LogP contribution in [0.15, 0.2) is 18.5 Å². The second kappa shape index (κ2) is 4.93. The van der Waals surface area contributed by atoms with Gasteiger partial charge in [0.05, 0.1) is 6.10 Å². The molecule has 68 valence electrons. The van der Waals surface area contributed by atoms with Crippen LogP contribution < -0.4 is 0 Å². The number of unbranched alkanes of at least 4 members (excludes halogenated alkanes) is 1. The summed E-state index contributed by atoms with van der Waals surface area (Å²) in [6.07, 6.45) is 6.63. The fraction of sp³-hybridized carbons (Fsp3) is 0.667. The molecular weight excluding hydrogens is 152 g/mol. The molecule has 1 atom stereocenters. The van der Waals surface area contributed by atoms with Crippen molar-refractivity contribution < 1.29 is 5.11 Å². The Morgan fingerprint density at radius 1 is 1.50 bits per heavy atom. The highest BCUT2D eigenvalue weighted by atomic mass is 16.3. The van der Waals surface area contributed by atoms with Crippen molar-refractivity contribution in [3.8, 4) is 0 Å². The lowest BCUT2D eigenvalue weighted by Crippen LogP contribution is -2.02. The molecule has 3 nitrogen and oxygen atoms in total. The molecule has 12 heavy (non-hydrogen) atoms. The molecule has 1 aromatic heterocycles. The Bertz CT molecular complexity index is 194. The molecule has 0 aliphatic rings. The molecule has 0 fully saturated rings. The van der Waals surface area contributed by atoms with Gasteiger partial charge in [-0.15, -0.1) is 0 Å². The van der Waals surface area contributed by atoms with Crippen molar-refractivity contribution in [2.24, 2.45) is 0 Å². The van der Waals surface area contributed by atoms with E-state index in [0.717, 1.165) is 25.8 Å². The average molecular weight is 168 g/mol. The predicted octanol–water partition coefficient (Wildman–Crippen LogP) is 1.43. The lowest BCUT2D eigenvalue weighted by Gasteiger charge is -2.03. The van der Waals surface area contributed by atoms with E-state index in [1.54, 1.807) is 6.20 Å². The quantitative estimate of drug-likeness (QED) is 0.675. The van der Waals surface area contributed by atoms with Gasteiger partial charge in [0, 0.05) is 18.9 Å². The molecule has 0 spiro atoms. The van der Waals surface area contributed by atoms with E-state index < -0.39 is 0 Å². The standard InChI is InChI=1S/C9H16N2O/c1-9(12)5-2-3-7-11-8-4-6-10-11/h4,6,8-9,12H,2-3,5,7H2,1H3. The molecule has 3 heteroatoms. The number of hydrogen-bond donors (Lipinski definition) is 1. The van der Waals surface area contributed by atoms with E-state index in [2.05, 4.69) is 5.10 Å². The average Bonchev–Trinajstić information content (AvgIpc) is 2.49. The van der Waals surface area contributed by atoms with Gasteiger partial charge in [-0.3, -0.25) is 4.68 Å². The first-order chi connectivity index (χ1) is 5.79. The second-order valence-electron chi connectivity index (χ2n) is 3.11. The Kier molecular flexibility index (Phi) is 3.80. The largest absolute Gasteiger partial charge is 0.393 e. The van der Waals surface area contributed by atoms with Crippen molar-refractivity contribution in [1.29, 1.82) is 0 Å². The smallest absolute Gasteiger partial charge is 0.0512 e. The molecule has 0 radical (unpaired) electrons. The fourth-order valence-electron chi connectivity index (χ4n) is 1.15. The van der Waals surface area contributed by atoms with Gasteiger partial charge in [-0.25, -0.2) is 0 Å². The molecule has 1 heterocycles. The maximum Gasteiger partial charge on any atom is 0.0512 e. The van der Waals surface area contributed by atoms with Gasteiger partial charge in [0.25, 0.3) is 0 Å². The Balaban J connectivity index is 2.04. The number of nitrogens with zero attached hydrogens (tertiary/aromatic N) is 2. The Hall–Kier alpha value is -0.830. The molecule has 0 saturated heterocycles. The third-order valence-corrected chi connectivity index (χ3v) is 1.82. The zero-order valence-electron chi connectivity index (χ0n) is 7.48. The summed E-state index contributed by atoms with van der Waals surface area (Å²) in [7, 11) is 0. The van der Waals surface area contributed by atoms with Crippen molar-refractivity contribution in [1.82, 2.24) is 9.78 Å². The molecule has 0 saturated carbocycles. The van der Waals surface area contributed by atoms with Crippen LogP contribution >= 0.6 is 0 Å². The molecule has 0 aliphatic carbocycles. The Labute approximate surface area is 73.0 Å². The van der Waals surface area contributed by atoms with Gasteiger partial charge in [-0.1, -0.05) is 0 Å². The van der Waals surface area contributed by atoms with Gasteiger partial charge in [0.2, 0.25) is 0 Å². The molecule has 1 aromatic rings. The fourth-order valence-corrected chi connectivity index (χ4v) is 1.15. The van der Waals surface area contributed by atoms with Gasteiger partial charge >= 0.3 is 0 Å². The molecule has 0 aliphatic heterocycles. The molecule has 0 bridgehead atoms. The van der Waals surface area contributed by atoms with E-state index in [9.17, 15) is 0 Å². The summed E-state index contributed by atoms with van der Waals surface area (Å²) in [6, 6.07) is 1.93. The molecule has 1 unspecified atom stereocenters. The first-order valence-corrected chi connectivity index (χ1v) is 4.44. The number of aryl methyl sites for hydroxylation is 1. The molecule has 0 amide bonds. The van der Waals surface area contributed by atoms with E-state index >= 15 is 0 Å². The van der Waals surface area contributed by atoms with Crippen molar-refractivity contribution in [3.63, 3.8) is 0 Å². The number of aliphatic hydroxyl groups is 1. The highest BCUT2D eigenvalue weighted by molar-refractivity contribution is 4.77. The van der Waals surface area contributed by atoms with Gasteiger partial charge in [0.1, 0.15) is 0 Å². The highest BCUT2D eigenvalue weighted by Crippen LogP contribution is 2.01. The molecule has 1 N–H and O–H groups in total. The summed E-state index contributed by atoms with van der Waals surface area (Å²) in [5.41, 5.74) is 0. The minimum Gasteiger partial charge on any atom is -0.393 e. The molecular formula is C9H16N2O. The van der Waals surface area contributed by atoms with Gasteiger partial charge in [0.15, 0.2) is 0 Å². The zero-order chi connectivity index (χ0) is 8.81. The van der Waals surface area contributed by atoms with Crippen LogP contribution in [0.4, 0.5) is 0 Å². The predicted molar refractivity (Wildman–Crippen MR) is 47.8 cm³/mol. The summed E-state index contributed by atoms with van der Waals surface area (Å²) in [5, 5.41) is 13.1. The van der Waals surface area contributed by atoms with Crippen LogP contribution in [0, 0.1) is 0 Å². The first-order valence-electron chi connectivity index (χ1n) is 4.44. The number of aromatic nitrogens is 2. The van der Waals surface area contributed by atoms with Crippen LogP contribution in [0.3, 0.4) is 0 Å². The van der Waals surface area contributed by atoms with E-state index in [4.69, 9.17) is 5.11 Å². The topological polar surface area (TPSA) is 38.0 Å². The second-order valence-corrected chi connectivity index (χ2v) is 3.11. The monoisotopic (exact) mass is 168 g/mol. The van der Waals surface area contributed by atoms with E-state index in [1.165, 1.54) is 0 Å². The van der Waals surface area contributed by atoms with Crippen LogP contribution in [-0.2, 0) is 6.54 Å². The molecule has 1 rings (SSSR count). The van der Waals surface area contributed by atoms with Crippen LogP contribution in [-0.4, -0.2) is 21.0 Å². The zero-order valence-corrected chi connectivity index (χ0v) is 7.48. The minimum absolute atomic E-state index is 0.164. The van der Waals surface area contributed by atoms with Crippen molar-refractivity contribution >= 4 is 0 Å². The third-order valence-electron chi connectivity index (χ3n) is 1.82. The summed E-state index contributed by atoms with van der Waals surface area (Å²) in [5.74, 6) is 0. The van der Waals surface area contributed by atoms with Crippen molar-refractivity contribution in [2.45, 2.75) is 38.8 Å². The van der Waals surface area contributed by atoms with E-state index in [0.29, 0.717) is 0 Å². The van der Waals surface area contributed by atoms with Gasteiger partial charge in [-0.2, -0.15) is 5.10 Å². The van der Waals surface area contributed by atoms with Crippen molar-refractivity contribution in [3.05, 3.63) is 18.5 Å². The molecule has 0 aromatic carbocycles. The summed E-state index contributed by atoms with van der Waals surface area (Å²) in [4.78, 5) is 0. The number of aliphatic hydroxyl groups excluding tert-OH is 1. The number of rotatable bonds is 5. The van der Waals surface area contributed by atoms with Gasteiger partial charge in [-0.05, 0) is 32.3 Å². The maximum absolute atomic E-state index is 8.99. The normalized spacial score (nSPS) is 13.2. The van der Waals surface area contributed by atoms with Crippen LogP contribution in [0.5, 0.6) is 0 Å². The lowest BCUT2D eigenvalue weighted by atomic mass is 10.2. The first kappa shape index (κ1) is 9.26. The van der Waals surface area contributed by atoms with Gasteiger partial charge < -0.3 is 5.11 Å². The van der Waals surface area contributed by atoms with Crippen molar-refractivity contribution in [2.75, 3.05) is 0 Å².